The highest BCUT2D eigenvalue weighted by Crippen LogP contribution is 2.22. The Kier molecular flexibility index (Phi) is 5.28. The quantitative estimate of drug-likeness (QED) is 0.594. The molecule has 0 saturated carbocycles. The Morgan fingerprint density at radius 3 is 2.44 bits per heavy atom. The fourth-order valence-corrected chi connectivity index (χ4v) is 2.47. The molecular weight excluding hydrogens is 254 g/mol. The summed E-state index contributed by atoms with van der Waals surface area (Å²) in [5.41, 5.74) is 0.176. The highest BCUT2D eigenvalue weighted by Gasteiger charge is 2.26. The third-order valence-corrected chi connectivity index (χ3v) is 4.25. The molecule has 0 aliphatic heterocycles. The molecule has 1 aromatic heterocycles. The smallest absolute Gasteiger partial charge is 0.345 e. The first kappa shape index (κ1) is 15.1. The first-order valence-electron chi connectivity index (χ1n) is 5.77. The predicted octanol–water partition coefficient (Wildman–Crippen LogP) is 0.978. The zero-order chi connectivity index (χ0) is 13.8. The number of hydrogen-bond donors (Lipinski definition) is 4. The van der Waals surface area contributed by atoms with Crippen molar-refractivity contribution >= 4 is 17.3 Å². The van der Waals surface area contributed by atoms with Crippen LogP contribution < -0.4 is 5.32 Å². The van der Waals surface area contributed by atoms with Crippen molar-refractivity contribution in [2.24, 2.45) is 0 Å². The van der Waals surface area contributed by atoms with Crippen LogP contribution in [-0.2, 0) is 6.54 Å². The number of aryl methyl sites for hydroxylation is 1. The number of nitrogens with one attached hydrogen (secondary N) is 1. The summed E-state index contributed by atoms with van der Waals surface area (Å²) in [7, 11) is 0. The van der Waals surface area contributed by atoms with E-state index >= 15 is 0 Å². The van der Waals surface area contributed by atoms with Crippen molar-refractivity contribution in [3.8, 4) is 0 Å². The van der Waals surface area contributed by atoms with E-state index in [1.807, 2.05) is 13.8 Å². The summed E-state index contributed by atoms with van der Waals surface area (Å²) in [6.45, 7) is 3.86. The summed E-state index contributed by atoms with van der Waals surface area (Å²) in [6.07, 6.45) is 0.592. The van der Waals surface area contributed by atoms with E-state index < -0.39 is 11.5 Å². The number of carbonyl (C=O) groups is 1. The summed E-state index contributed by atoms with van der Waals surface area (Å²) in [5.74, 6) is -0.930. The monoisotopic (exact) mass is 273 g/mol. The summed E-state index contributed by atoms with van der Waals surface area (Å²) in [6, 6.07) is 1.63. The summed E-state index contributed by atoms with van der Waals surface area (Å²) in [5, 5.41) is 30.6. The second-order valence-corrected chi connectivity index (χ2v) is 5.56. The molecule has 1 heterocycles. The molecule has 0 radical (unpaired) electrons. The minimum absolute atomic E-state index is 0.158. The van der Waals surface area contributed by atoms with Gasteiger partial charge in [-0.3, -0.25) is 0 Å². The molecule has 0 saturated heterocycles. The topological polar surface area (TPSA) is 89.8 Å². The molecule has 6 heteroatoms. The van der Waals surface area contributed by atoms with Crippen LogP contribution in [0.25, 0.3) is 0 Å². The number of hydrogen-bond acceptors (Lipinski definition) is 5. The second kappa shape index (κ2) is 6.29. The fourth-order valence-electron chi connectivity index (χ4n) is 1.59. The van der Waals surface area contributed by atoms with E-state index in [1.54, 1.807) is 6.07 Å². The Bertz CT molecular complexity index is 404. The van der Waals surface area contributed by atoms with Crippen LogP contribution in [0, 0.1) is 6.92 Å². The molecule has 0 aromatic carbocycles. The standard InChI is InChI=1S/C12H19NO4S/c1-3-12(6-14,7-15)13-5-9-4-10(11(16)17)18-8(9)2/h4,13-15H,3,5-7H2,1-2H3,(H,16,17). The SMILES string of the molecule is CCC(CO)(CO)NCc1cc(C(=O)O)sc1C. The van der Waals surface area contributed by atoms with Crippen LogP contribution in [0.5, 0.6) is 0 Å². The Labute approximate surface area is 110 Å². The Balaban J connectivity index is 2.76. The highest BCUT2D eigenvalue weighted by atomic mass is 32.1. The first-order chi connectivity index (χ1) is 8.48. The molecule has 0 aliphatic rings. The lowest BCUT2D eigenvalue weighted by molar-refractivity contribution is 0.0701. The molecule has 0 aliphatic carbocycles. The molecular formula is C12H19NO4S. The van der Waals surface area contributed by atoms with Gasteiger partial charge in [-0.05, 0) is 25.0 Å². The van der Waals surface area contributed by atoms with E-state index in [-0.39, 0.29) is 13.2 Å². The van der Waals surface area contributed by atoms with Crippen molar-refractivity contribution in [2.75, 3.05) is 13.2 Å². The van der Waals surface area contributed by atoms with Gasteiger partial charge in [0, 0.05) is 11.4 Å². The molecule has 0 fully saturated rings. The number of aromatic carboxylic acids is 1. The number of rotatable bonds is 7. The van der Waals surface area contributed by atoms with E-state index in [2.05, 4.69) is 5.32 Å². The molecule has 1 aromatic rings. The normalized spacial score (nSPS) is 11.8. The lowest BCUT2D eigenvalue weighted by atomic mass is 9.98. The van der Waals surface area contributed by atoms with Crippen LogP contribution in [-0.4, -0.2) is 40.0 Å². The average Bonchev–Trinajstić information content (AvgIpc) is 2.74. The first-order valence-corrected chi connectivity index (χ1v) is 6.59. The van der Waals surface area contributed by atoms with Gasteiger partial charge in [0.2, 0.25) is 0 Å². The van der Waals surface area contributed by atoms with Crippen LogP contribution >= 0.6 is 11.3 Å². The molecule has 0 atom stereocenters. The van der Waals surface area contributed by atoms with E-state index in [9.17, 15) is 15.0 Å². The van der Waals surface area contributed by atoms with Gasteiger partial charge >= 0.3 is 5.97 Å². The second-order valence-electron chi connectivity index (χ2n) is 4.30. The van der Waals surface area contributed by atoms with Gasteiger partial charge in [0.15, 0.2) is 0 Å². The van der Waals surface area contributed by atoms with Gasteiger partial charge in [-0.25, -0.2) is 4.79 Å². The van der Waals surface area contributed by atoms with E-state index in [0.29, 0.717) is 17.8 Å². The van der Waals surface area contributed by atoms with Gasteiger partial charge in [-0.15, -0.1) is 11.3 Å². The van der Waals surface area contributed by atoms with Gasteiger partial charge in [-0.1, -0.05) is 6.92 Å². The van der Waals surface area contributed by atoms with Gasteiger partial charge in [-0.2, -0.15) is 0 Å². The zero-order valence-electron chi connectivity index (χ0n) is 10.6. The fraction of sp³-hybridized carbons (Fsp3) is 0.583. The Morgan fingerprint density at radius 2 is 2.06 bits per heavy atom. The molecule has 5 nitrogen and oxygen atoms in total. The molecule has 0 unspecified atom stereocenters. The van der Waals surface area contributed by atoms with Crippen molar-refractivity contribution in [3.63, 3.8) is 0 Å². The van der Waals surface area contributed by atoms with Crippen molar-refractivity contribution in [1.82, 2.24) is 5.32 Å². The maximum atomic E-state index is 10.8. The lowest BCUT2D eigenvalue weighted by Crippen LogP contribution is -2.50. The minimum Gasteiger partial charge on any atom is -0.477 e. The van der Waals surface area contributed by atoms with E-state index in [0.717, 1.165) is 10.4 Å². The number of aliphatic hydroxyl groups is 2. The number of thiophene rings is 1. The third-order valence-electron chi connectivity index (χ3n) is 3.17. The van der Waals surface area contributed by atoms with Crippen molar-refractivity contribution in [1.29, 1.82) is 0 Å². The summed E-state index contributed by atoms with van der Waals surface area (Å²) in [4.78, 5) is 12.1. The van der Waals surface area contributed by atoms with Gasteiger partial charge < -0.3 is 20.6 Å². The van der Waals surface area contributed by atoms with E-state index in [1.165, 1.54) is 11.3 Å². The van der Waals surface area contributed by atoms with Crippen LogP contribution in [0.4, 0.5) is 0 Å². The maximum absolute atomic E-state index is 10.8. The Morgan fingerprint density at radius 1 is 1.44 bits per heavy atom. The minimum atomic E-state index is -0.930. The number of aliphatic hydroxyl groups excluding tert-OH is 2. The Hall–Kier alpha value is -0.950. The number of carboxylic acids is 1. The summed E-state index contributed by atoms with van der Waals surface area (Å²) >= 11 is 1.23. The molecule has 0 amide bonds. The van der Waals surface area contributed by atoms with E-state index in [4.69, 9.17) is 5.11 Å². The van der Waals surface area contributed by atoms with Crippen LogP contribution in [0.2, 0.25) is 0 Å². The lowest BCUT2D eigenvalue weighted by Gasteiger charge is -2.29. The van der Waals surface area contributed by atoms with Crippen LogP contribution in [0.1, 0.15) is 33.5 Å². The number of carboxylic acid groups (broad SMARTS) is 1. The van der Waals surface area contributed by atoms with Crippen LogP contribution in [0.15, 0.2) is 6.07 Å². The molecule has 0 bridgehead atoms. The zero-order valence-corrected chi connectivity index (χ0v) is 11.4. The third kappa shape index (κ3) is 3.29. The summed E-state index contributed by atoms with van der Waals surface area (Å²) < 4.78 is 0. The van der Waals surface area contributed by atoms with Gasteiger partial charge in [0.05, 0.1) is 18.8 Å². The average molecular weight is 273 g/mol. The van der Waals surface area contributed by atoms with Crippen molar-refractivity contribution < 1.29 is 20.1 Å². The maximum Gasteiger partial charge on any atom is 0.345 e. The predicted molar refractivity (Wildman–Crippen MR) is 70.0 cm³/mol. The highest BCUT2D eigenvalue weighted by molar-refractivity contribution is 7.14. The molecule has 102 valence electrons. The van der Waals surface area contributed by atoms with Crippen LogP contribution in [0.3, 0.4) is 0 Å². The van der Waals surface area contributed by atoms with Crippen molar-refractivity contribution in [3.05, 3.63) is 21.4 Å². The largest absolute Gasteiger partial charge is 0.477 e. The molecule has 18 heavy (non-hydrogen) atoms. The molecule has 1 rings (SSSR count). The van der Waals surface area contributed by atoms with Gasteiger partial charge in [0.25, 0.3) is 0 Å². The molecule has 0 spiro atoms. The molecule has 4 N–H and O–H groups in total. The van der Waals surface area contributed by atoms with Gasteiger partial charge in [0.1, 0.15) is 4.88 Å². The van der Waals surface area contributed by atoms with Crippen molar-refractivity contribution in [2.45, 2.75) is 32.4 Å².